The molecule has 1 saturated heterocycles. The second-order valence-corrected chi connectivity index (χ2v) is 5.24. The average Bonchev–Trinajstić information content (AvgIpc) is 2.25. The second kappa shape index (κ2) is 5.12. The highest BCUT2D eigenvalue weighted by Gasteiger charge is 2.39. The molecule has 0 spiro atoms. The molecule has 1 fully saturated rings. The van der Waals surface area contributed by atoms with Crippen LogP contribution in [0.15, 0.2) is 0 Å². The molecule has 5 heteroatoms. The molecule has 0 aromatic rings. The normalized spacial score (nSPS) is 20.5. The van der Waals surface area contributed by atoms with Gasteiger partial charge in [-0.25, -0.2) is 5.48 Å². The first-order valence-electron chi connectivity index (χ1n) is 5.66. The zero-order chi connectivity index (χ0) is 12.2. The first-order valence-corrected chi connectivity index (χ1v) is 5.66. The van der Waals surface area contributed by atoms with Crippen LogP contribution in [0.3, 0.4) is 0 Å². The van der Waals surface area contributed by atoms with Crippen LogP contribution in [0.5, 0.6) is 0 Å². The van der Waals surface area contributed by atoms with E-state index in [9.17, 15) is 4.79 Å². The largest absolute Gasteiger partial charge is 0.381 e. The van der Waals surface area contributed by atoms with Crippen LogP contribution in [0, 0.1) is 5.41 Å². The zero-order valence-corrected chi connectivity index (χ0v) is 10.3. The van der Waals surface area contributed by atoms with Crippen LogP contribution in [0.4, 0.5) is 0 Å². The molecule has 0 saturated carbocycles. The molecular formula is C11H22N2O3. The summed E-state index contributed by atoms with van der Waals surface area (Å²) in [7, 11) is 0. The lowest BCUT2D eigenvalue weighted by atomic mass is 9.79. The SMILES string of the molecule is CC(C)(C)ONC(=O)C1(CN)CCOCC1. The molecule has 0 unspecified atom stereocenters. The van der Waals surface area contributed by atoms with E-state index in [-0.39, 0.29) is 5.91 Å². The summed E-state index contributed by atoms with van der Waals surface area (Å²) in [5, 5.41) is 0. The van der Waals surface area contributed by atoms with E-state index in [0.717, 1.165) is 0 Å². The predicted molar refractivity (Wildman–Crippen MR) is 60.5 cm³/mol. The van der Waals surface area contributed by atoms with Crippen LogP contribution in [-0.2, 0) is 14.4 Å². The average molecular weight is 230 g/mol. The van der Waals surface area contributed by atoms with Crippen LogP contribution in [-0.4, -0.2) is 31.3 Å². The van der Waals surface area contributed by atoms with Crippen molar-refractivity contribution in [3.05, 3.63) is 0 Å². The summed E-state index contributed by atoms with van der Waals surface area (Å²) >= 11 is 0. The molecule has 0 aromatic carbocycles. The van der Waals surface area contributed by atoms with Crippen LogP contribution in [0.2, 0.25) is 0 Å². The van der Waals surface area contributed by atoms with Crippen molar-refractivity contribution in [2.45, 2.75) is 39.2 Å². The van der Waals surface area contributed by atoms with Gasteiger partial charge in [0, 0.05) is 19.8 Å². The highest BCUT2D eigenvalue weighted by Crippen LogP contribution is 2.29. The van der Waals surface area contributed by atoms with Crippen LogP contribution < -0.4 is 11.2 Å². The Kier molecular flexibility index (Phi) is 4.29. The van der Waals surface area contributed by atoms with Gasteiger partial charge in [-0.1, -0.05) is 0 Å². The minimum absolute atomic E-state index is 0.131. The van der Waals surface area contributed by atoms with Gasteiger partial charge in [-0.2, -0.15) is 0 Å². The van der Waals surface area contributed by atoms with E-state index in [0.29, 0.717) is 32.6 Å². The third-order valence-corrected chi connectivity index (χ3v) is 2.77. The minimum Gasteiger partial charge on any atom is -0.381 e. The molecular weight excluding hydrogens is 208 g/mol. The number of amides is 1. The molecule has 3 N–H and O–H groups in total. The summed E-state index contributed by atoms with van der Waals surface area (Å²) in [4.78, 5) is 17.3. The first kappa shape index (κ1) is 13.4. The highest BCUT2D eigenvalue weighted by molar-refractivity contribution is 5.82. The van der Waals surface area contributed by atoms with Crippen molar-refractivity contribution in [1.82, 2.24) is 5.48 Å². The molecule has 0 radical (unpaired) electrons. The molecule has 0 aliphatic carbocycles. The maximum absolute atomic E-state index is 12.0. The Morgan fingerprint density at radius 2 is 2.00 bits per heavy atom. The number of nitrogens with one attached hydrogen (secondary N) is 1. The summed E-state index contributed by atoms with van der Waals surface area (Å²) in [6.45, 7) is 7.14. The molecule has 94 valence electrons. The molecule has 5 nitrogen and oxygen atoms in total. The summed E-state index contributed by atoms with van der Waals surface area (Å²) in [6, 6.07) is 0. The Hall–Kier alpha value is -0.650. The van der Waals surface area contributed by atoms with Gasteiger partial charge in [0.2, 0.25) is 0 Å². The molecule has 1 heterocycles. The number of hydroxylamine groups is 1. The number of nitrogens with two attached hydrogens (primary N) is 1. The number of carbonyl (C=O) groups excluding carboxylic acids is 1. The number of hydrogen-bond donors (Lipinski definition) is 2. The Labute approximate surface area is 96.6 Å². The van der Waals surface area contributed by atoms with Gasteiger partial charge in [0.15, 0.2) is 0 Å². The van der Waals surface area contributed by atoms with Gasteiger partial charge in [-0.05, 0) is 33.6 Å². The standard InChI is InChI=1S/C11H22N2O3/c1-10(2,3)16-13-9(14)11(8-12)4-6-15-7-5-11/h4-8,12H2,1-3H3,(H,13,14). The third kappa shape index (κ3) is 3.43. The van der Waals surface area contributed by atoms with Crippen LogP contribution in [0.1, 0.15) is 33.6 Å². The molecule has 1 amide bonds. The monoisotopic (exact) mass is 230 g/mol. The van der Waals surface area contributed by atoms with Gasteiger partial charge < -0.3 is 10.5 Å². The Morgan fingerprint density at radius 3 is 2.44 bits per heavy atom. The van der Waals surface area contributed by atoms with Crippen molar-refractivity contribution >= 4 is 5.91 Å². The van der Waals surface area contributed by atoms with E-state index >= 15 is 0 Å². The third-order valence-electron chi connectivity index (χ3n) is 2.77. The van der Waals surface area contributed by atoms with Gasteiger partial charge in [-0.3, -0.25) is 9.63 Å². The quantitative estimate of drug-likeness (QED) is 0.696. The fourth-order valence-electron chi connectivity index (χ4n) is 1.59. The maximum atomic E-state index is 12.0. The van der Waals surface area contributed by atoms with Gasteiger partial charge >= 0.3 is 0 Å². The summed E-state index contributed by atoms with van der Waals surface area (Å²) < 4.78 is 5.25. The van der Waals surface area contributed by atoms with Gasteiger partial charge in [0.25, 0.3) is 5.91 Å². The van der Waals surface area contributed by atoms with Crippen molar-refractivity contribution < 1.29 is 14.4 Å². The molecule has 16 heavy (non-hydrogen) atoms. The fraction of sp³-hybridized carbons (Fsp3) is 0.909. The van der Waals surface area contributed by atoms with Gasteiger partial charge in [0.05, 0.1) is 11.0 Å². The highest BCUT2D eigenvalue weighted by atomic mass is 16.7. The summed E-state index contributed by atoms with van der Waals surface area (Å²) in [5.74, 6) is -0.131. The number of rotatable bonds is 3. The van der Waals surface area contributed by atoms with Crippen molar-refractivity contribution in [2.75, 3.05) is 19.8 Å². The molecule has 0 aromatic heterocycles. The summed E-state index contributed by atoms with van der Waals surface area (Å²) in [6.07, 6.45) is 1.31. The number of hydrogen-bond acceptors (Lipinski definition) is 4. The van der Waals surface area contributed by atoms with Crippen molar-refractivity contribution in [2.24, 2.45) is 11.1 Å². The lowest BCUT2D eigenvalue weighted by molar-refractivity contribution is -0.160. The Balaban J connectivity index is 2.55. The summed E-state index contributed by atoms with van der Waals surface area (Å²) in [5.41, 5.74) is 7.30. The first-order chi connectivity index (χ1) is 7.40. The molecule has 1 aliphatic rings. The number of ether oxygens (including phenoxy) is 1. The number of carbonyl (C=O) groups is 1. The topological polar surface area (TPSA) is 73.6 Å². The predicted octanol–water partition coefficient (Wildman–Crippen LogP) is 0.588. The van der Waals surface area contributed by atoms with Gasteiger partial charge in [-0.15, -0.1) is 0 Å². The van der Waals surface area contributed by atoms with Crippen molar-refractivity contribution in [1.29, 1.82) is 0 Å². The van der Waals surface area contributed by atoms with Crippen molar-refractivity contribution in [3.8, 4) is 0 Å². The lowest BCUT2D eigenvalue weighted by Crippen LogP contribution is -2.50. The fourth-order valence-corrected chi connectivity index (χ4v) is 1.59. The van der Waals surface area contributed by atoms with E-state index in [1.54, 1.807) is 0 Å². The van der Waals surface area contributed by atoms with E-state index in [1.165, 1.54) is 0 Å². The smallest absolute Gasteiger partial charge is 0.251 e. The molecule has 1 rings (SSSR count). The van der Waals surface area contributed by atoms with Gasteiger partial charge in [0.1, 0.15) is 0 Å². The van der Waals surface area contributed by atoms with E-state index < -0.39 is 11.0 Å². The van der Waals surface area contributed by atoms with Crippen LogP contribution >= 0.6 is 0 Å². The maximum Gasteiger partial charge on any atom is 0.251 e. The zero-order valence-electron chi connectivity index (χ0n) is 10.3. The van der Waals surface area contributed by atoms with Crippen LogP contribution in [0.25, 0.3) is 0 Å². The molecule has 0 bridgehead atoms. The molecule has 0 atom stereocenters. The Bertz CT molecular complexity index is 242. The molecule has 1 aliphatic heterocycles. The Morgan fingerprint density at radius 1 is 1.44 bits per heavy atom. The van der Waals surface area contributed by atoms with Crippen molar-refractivity contribution in [3.63, 3.8) is 0 Å². The lowest BCUT2D eigenvalue weighted by Gasteiger charge is -2.35. The minimum atomic E-state index is -0.524. The van der Waals surface area contributed by atoms with E-state index in [4.69, 9.17) is 15.3 Å². The second-order valence-electron chi connectivity index (χ2n) is 5.24. The van der Waals surface area contributed by atoms with E-state index in [1.807, 2.05) is 20.8 Å². The van der Waals surface area contributed by atoms with E-state index in [2.05, 4.69) is 5.48 Å².